The molecule has 0 aliphatic carbocycles. The molecule has 0 atom stereocenters. The number of hydrogen-bond donors (Lipinski definition) is 1. The van der Waals surface area contributed by atoms with Crippen LogP contribution in [0.1, 0.15) is 16.3 Å². The normalized spacial score (nSPS) is 14.3. The van der Waals surface area contributed by atoms with Crippen LogP contribution in [-0.4, -0.2) is 26.8 Å². The van der Waals surface area contributed by atoms with Crippen LogP contribution in [0.4, 0.5) is 0 Å². The van der Waals surface area contributed by atoms with Crippen LogP contribution in [0.2, 0.25) is 0 Å². The zero-order valence-electron chi connectivity index (χ0n) is 6.27. The van der Waals surface area contributed by atoms with Crippen molar-refractivity contribution in [1.29, 1.82) is 0 Å². The van der Waals surface area contributed by atoms with Gasteiger partial charge in [0.2, 0.25) is 0 Å². The molecule has 0 radical (unpaired) electrons. The Bertz CT molecular complexity index is 354. The minimum Gasteiger partial charge on any atom is -0.477 e. The maximum Gasteiger partial charge on any atom is 0.354 e. The average molecular weight is 165 g/mol. The smallest absolute Gasteiger partial charge is 0.354 e. The molecule has 0 saturated heterocycles. The number of aromatic carboxylic acids is 1. The largest absolute Gasteiger partial charge is 0.477 e. The first-order chi connectivity index (χ1) is 5.79. The van der Waals surface area contributed by atoms with Gasteiger partial charge in [-0.15, -0.1) is 0 Å². The Kier molecular flexibility index (Phi) is 1.43. The highest BCUT2D eigenvalue weighted by atomic mass is 16.4. The Hall–Kier alpha value is -1.65. The first-order valence-electron chi connectivity index (χ1n) is 3.55. The topological polar surface area (TPSA) is 67.5 Å². The van der Waals surface area contributed by atoms with Crippen molar-refractivity contribution in [3.05, 3.63) is 17.7 Å². The summed E-state index contributed by atoms with van der Waals surface area (Å²) >= 11 is 0. The molecular weight excluding hydrogens is 158 g/mol. The summed E-state index contributed by atoms with van der Waals surface area (Å²) < 4.78 is 1.65. The Balaban J connectivity index is 2.48. The van der Waals surface area contributed by atoms with Gasteiger partial charge in [-0.2, -0.15) is 0 Å². The van der Waals surface area contributed by atoms with E-state index in [2.05, 4.69) is 9.98 Å². The van der Waals surface area contributed by atoms with Crippen molar-refractivity contribution in [2.75, 3.05) is 0 Å². The molecule has 5 nitrogen and oxygen atoms in total. The van der Waals surface area contributed by atoms with Crippen LogP contribution in [0.5, 0.6) is 0 Å². The molecule has 0 amide bonds. The number of carboxylic acid groups (broad SMARTS) is 1. The fourth-order valence-electron chi connectivity index (χ4n) is 1.20. The molecule has 1 aliphatic heterocycles. The van der Waals surface area contributed by atoms with Crippen molar-refractivity contribution < 1.29 is 9.90 Å². The summed E-state index contributed by atoms with van der Waals surface area (Å²) in [6, 6.07) is 0. The SMILES string of the molecule is O=C(O)c1cnc2n1CC=NC2. The number of rotatable bonds is 1. The van der Waals surface area contributed by atoms with Gasteiger partial charge in [0.15, 0.2) is 0 Å². The molecule has 12 heavy (non-hydrogen) atoms. The molecule has 5 heteroatoms. The van der Waals surface area contributed by atoms with Crippen molar-refractivity contribution in [1.82, 2.24) is 9.55 Å². The van der Waals surface area contributed by atoms with E-state index in [9.17, 15) is 4.79 Å². The number of carboxylic acids is 1. The number of carbonyl (C=O) groups is 1. The van der Waals surface area contributed by atoms with Gasteiger partial charge >= 0.3 is 5.97 Å². The number of fused-ring (bicyclic) bond motifs is 1. The second kappa shape index (κ2) is 2.44. The van der Waals surface area contributed by atoms with Gasteiger partial charge in [0.05, 0.1) is 19.3 Å². The lowest BCUT2D eigenvalue weighted by Gasteiger charge is -2.08. The summed E-state index contributed by atoms with van der Waals surface area (Å²) in [7, 11) is 0. The van der Waals surface area contributed by atoms with E-state index in [-0.39, 0.29) is 5.69 Å². The zero-order valence-corrected chi connectivity index (χ0v) is 6.27. The first-order valence-corrected chi connectivity index (χ1v) is 3.55. The Morgan fingerprint density at radius 3 is 3.25 bits per heavy atom. The molecule has 0 spiro atoms. The number of nitrogens with zero attached hydrogens (tertiary/aromatic N) is 3. The summed E-state index contributed by atoms with van der Waals surface area (Å²) in [6.07, 6.45) is 3.06. The van der Waals surface area contributed by atoms with E-state index >= 15 is 0 Å². The molecule has 1 aromatic heterocycles. The van der Waals surface area contributed by atoms with E-state index in [4.69, 9.17) is 5.11 Å². The summed E-state index contributed by atoms with van der Waals surface area (Å²) in [4.78, 5) is 18.6. The highest BCUT2D eigenvalue weighted by Crippen LogP contribution is 2.09. The van der Waals surface area contributed by atoms with Gasteiger partial charge < -0.3 is 9.67 Å². The van der Waals surface area contributed by atoms with E-state index in [0.717, 1.165) is 5.82 Å². The Morgan fingerprint density at radius 2 is 2.50 bits per heavy atom. The van der Waals surface area contributed by atoms with Crippen molar-refractivity contribution in [3.8, 4) is 0 Å². The third-order valence-electron chi connectivity index (χ3n) is 1.78. The molecule has 0 aromatic carbocycles. The number of hydrogen-bond acceptors (Lipinski definition) is 3. The van der Waals surface area contributed by atoms with Crippen LogP contribution >= 0.6 is 0 Å². The highest BCUT2D eigenvalue weighted by Gasteiger charge is 2.15. The van der Waals surface area contributed by atoms with Gasteiger partial charge in [-0.3, -0.25) is 4.99 Å². The van der Waals surface area contributed by atoms with Crippen LogP contribution < -0.4 is 0 Å². The fraction of sp³-hybridized carbons (Fsp3) is 0.286. The van der Waals surface area contributed by atoms with Gasteiger partial charge in [0.25, 0.3) is 0 Å². The second-order valence-corrected chi connectivity index (χ2v) is 2.50. The lowest BCUT2D eigenvalue weighted by Crippen LogP contribution is -2.15. The molecule has 1 aromatic rings. The van der Waals surface area contributed by atoms with Gasteiger partial charge in [-0.05, 0) is 0 Å². The third-order valence-corrected chi connectivity index (χ3v) is 1.78. The standard InChI is InChI=1S/C7H7N3O2/c11-7(12)5-3-9-6-4-8-1-2-10(5)6/h1,3H,2,4H2,(H,11,12). The Labute approximate surface area is 68.4 Å². The van der Waals surface area contributed by atoms with Crippen LogP contribution in [0, 0.1) is 0 Å². The lowest BCUT2D eigenvalue weighted by molar-refractivity contribution is 0.0685. The van der Waals surface area contributed by atoms with Gasteiger partial charge in [-0.1, -0.05) is 0 Å². The van der Waals surface area contributed by atoms with Crippen molar-refractivity contribution in [3.63, 3.8) is 0 Å². The van der Waals surface area contributed by atoms with E-state index in [0.29, 0.717) is 13.1 Å². The summed E-state index contributed by atoms with van der Waals surface area (Å²) in [5, 5.41) is 8.72. The fourth-order valence-corrected chi connectivity index (χ4v) is 1.20. The molecule has 0 unspecified atom stereocenters. The van der Waals surface area contributed by atoms with Gasteiger partial charge in [0.1, 0.15) is 11.5 Å². The highest BCUT2D eigenvalue weighted by molar-refractivity contribution is 5.86. The Morgan fingerprint density at radius 1 is 1.67 bits per heavy atom. The molecule has 0 saturated carbocycles. The molecule has 0 bridgehead atoms. The van der Waals surface area contributed by atoms with E-state index < -0.39 is 5.97 Å². The van der Waals surface area contributed by atoms with Crippen LogP contribution in [-0.2, 0) is 13.1 Å². The van der Waals surface area contributed by atoms with E-state index in [1.54, 1.807) is 10.8 Å². The van der Waals surface area contributed by atoms with Crippen molar-refractivity contribution >= 4 is 12.2 Å². The maximum atomic E-state index is 10.6. The predicted molar refractivity (Wildman–Crippen MR) is 41.4 cm³/mol. The average Bonchev–Trinajstić information content (AvgIpc) is 2.47. The van der Waals surface area contributed by atoms with Crippen molar-refractivity contribution in [2.24, 2.45) is 4.99 Å². The summed E-state index contributed by atoms with van der Waals surface area (Å²) in [5.41, 5.74) is 0.233. The quantitative estimate of drug-likeness (QED) is 0.644. The molecule has 2 heterocycles. The molecule has 2 rings (SSSR count). The predicted octanol–water partition coefficient (Wildman–Crippen LogP) is 0.166. The van der Waals surface area contributed by atoms with Crippen molar-refractivity contribution in [2.45, 2.75) is 13.1 Å². The number of aromatic nitrogens is 2. The van der Waals surface area contributed by atoms with Crippen LogP contribution in [0.15, 0.2) is 11.2 Å². The molecule has 1 N–H and O–H groups in total. The van der Waals surface area contributed by atoms with Gasteiger partial charge in [0, 0.05) is 6.21 Å². The summed E-state index contributed by atoms with van der Waals surface area (Å²) in [5.74, 6) is -0.223. The molecule has 0 fully saturated rings. The number of aliphatic imine (C=N–C) groups is 1. The van der Waals surface area contributed by atoms with E-state index in [1.165, 1.54) is 6.20 Å². The minimum absolute atomic E-state index is 0.233. The maximum absolute atomic E-state index is 10.6. The lowest BCUT2D eigenvalue weighted by atomic mass is 10.4. The van der Waals surface area contributed by atoms with E-state index in [1.807, 2.05) is 0 Å². The molecule has 62 valence electrons. The summed E-state index contributed by atoms with van der Waals surface area (Å²) in [6.45, 7) is 0.990. The minimum atomic E-state index is -0.941. The third kappa shape index (κ3) is 0.903. The van der Waals surface area contributed by atoms with Gasteiger partial charge in [-0.25, -0.2) is 9.78 Å². The second-order valence-electron chi connectivity index (χ2n) is 2.50. The number of imidazole rings is 1. The first kappa shape index (κ1) is 7.02. The van der Waals surface area contributed by atoms with Crippen LogP contribution in [0.3, 0.4) is 0 Å². The van der Waals surface area contributed by atoms with Crippen LogP contribution in [0.25, 0.3) is 0 Å². The molecular formula is C7H7N3O2. The monoisotopic (exact) mass is 165 g/mol. The zero-order chi connectivity index (χ0) is 8.55. The molecule has 1 aliphatic rings.